The van der Waals surface area contributed by atoms with E-state index in [0.717, 1.165) is 36.4 Å². The number of carboxylic acids is 1. The topological polar surface area (TPSA) is 81.2 Å². The standard InChI is InChI=1S/C29H32FN3O4S/c1-21-7-14-28(22-5-3-2-4-6-22)38(36,37)33(21)20-24-10-13-26(19-27(24)30)32-17-15-31(16-18-32)25-11-8-23(9-12-25)29(34)35/h2-6,8-13,19,21,28H,7,14-18,20H2,1H3,(H,34,35)/t21?,28-/m1/s1. The first-order valence-electron chi connectivity index (χ1n) is 12.9. The van der Waals surface area contributed by atoms with Crippen molar-refractivity contribution in [1.29, 1.82) is 0 Å². The van der Waals surface area contributed by atoms with Crippen LogP contribution in [0.5, 0.6) is 0 Å². The Hall–Kier alpha value is -3.43. The maximum Gasteiger partial charge on any atom is 0.335 e. The molecule has 2 aliphatic rings. The molecular weight excluding hydrogens is 505 g/mol. The van der Waals surface area contributed by atoms with Gasteiger partial charge in [0.15, 0.2) is 0 Å². The molecule has 0 radical (unpaired) electrons. The van der Waals surface area contributed by atoms with Crippen LogP contribution in [-0.4, -0.2) is 56.0 Å². The first kappa shape index (κ1) is 26.2. The van der Waals surface area contributed by atoms with Crippen LogP contribution in [0.4, 0.5) is 15.8 Å². The summed E-state index contributed by atoms with van der Waals surface area (Å²) >= 11 is 0. The highest BCUT2D eigenvalue weighted by molar-refractivity contribution is 7.89. The Kier molecular flexibility index (Phi) is 7.40. The quantitative estimate of drug-likeness (QED) is 0.482. The number of rotatable bonds is 6. The van der Waals surface area contributed by atoms with Gasteiger partial charge in [0, 0.05) is 55.7 Å². The minimum Gasteiger partial charge on any atom is -0.478 e. The number of piperazine rings is 1. The number of carboxylic acid groups (broad SMARTS) is 1. The Balaban J connectivity index is 1.26. The van der Waals surface area contributed by atoms with Gasteiger partial charge in [0.2, 0.25) is 10.0 Å². The minimum absolute atomic E-state index is 0.0130. The van der Waals surface area contributed by atoms with Crippen molar-refractivity contribution in [3.63, 3.8) is 0 Å². The Bertz CT molecular complexity index is 1390. The first-order valence-corrected chi connectivity index (χ1v) is 14.4. The Morgan fingerprint density at radius 1 is 0.895 bits per heavy atom. The lowest BCUT2D eigenvalue weighted by Crippen LogP contribution is -2.46. The van der Waals surface area contributed by atoms with Gasteiger partial charge in [0.1, 0.15) is 11.1 Å². The average molecular weight is 538 g/mol. The molecule has 38 heavy (non-hydrogen) atoms. The molecule has 200 valence electrons. The molecule has 1 N–H and O–H groups in total. The predicted octanol–water partition coefficient (Wildman–Crippen LogP) is 4.91. The molecule has 5 rings (SSSR count). The van der Waals surface area contributed by atoms with Crippen molar-refractivity contribution in [3.8, 4) is 0 Å². The van der Waals surface area contributed by atoms with E-state index in [2.05, 4.69) is 9.80 Å². The van der Waals surface area contributed by atoms with E-state index in [1.807, 2.05) is 55.5 Å². The second kappa shape index (κ2) is 10.7. The van der Waals surface area contributed by atoms with Crippen LogP contribution in [0.15, 0.2) is 72.8 Å². The highest BCUT2D eigenvalue weighted by atomic mass is 32.2. The maximum atomic E-state index is 15.3. The SMILES string of the molecule is CC1CC[C@H](c2ccccc2)S(=O)(=O)N1Cc1ccc(N2CCN(c3ccc(C(=O)O)cc3)CC2)cc1F. The molecule has 0 spiro atoms. The number of benzene rings is 3. The van der Waals surface area contributed by atoms with Crippen LogP contribution in [0.1, 0.15) is 46.5 Å². The molecule has 1 unspecified atom stereocenters. The van der Waals surface area contributed by atoms with E-state index >= 15 is 4.39 Å². The zero-order valence-electron chi connectivity index (χ0n) is 21.3. The van der Waals surface area contributed by atoms with Gasteiger partial charge < -0.3 is 14.9 Å². The third-order valence-electron chi connectivity index (χ3n) is 7.68. The zero-order chi connectivity index (χ0) is 26.9. The molecule has 0 aromatic heterocycles. The lowest BCUT2D eigenvalue weighted by molar-refractivity contribution is 0.0697. The van der Waals surface area contributed by atoms with Crippen molar-refractivity contribution in [1.82, 2.24) is 4.31 Å². The van der Waals surface area contributed by atoms with Crippen LogP contribution in [0.25, 0.3) is 0 Å². The van der Waals surface area contributed by atoms with Gasteiger partial charge in [-0.3, -0.25) is 0 Å². The monoisotopic (exact) mass is 537 g/mol. The van der Waals surface area contributed by atoms with Crippen LogP contribution in [0, 0.1) is 5.82 Å². The van der Waals surface area contributed by atoms with Crippen LogP contribution in [0.3, 0.4) is 0 Å². The van der Waals surface area contributed by atoms with Crippen molar-refractivity contribution in [3.05, 3.63) is 95.3 Å². The van der Waals surface area contributed by atoms with Gasteiger partial charge in [0.05, 0.1) is 5.56 Å². The molecule has 2 fully saturated rings. The summed E-state index contributed by atoms with van der Waals surface area (Å²) in [5.74, 6) is -1.35. The van der Waals surface area contributed by atoms with Crippen molar-refractivity contribution >= 4 is 27.4 Å². The molecule has 2 heterocycles. The average Bonchev–Trinajstić information content (AvgIpc) is 2.92. The van der Waals surface area contributed by atoms with Crippen molar-refractivity contribution in [2.75, 3.05) is 36.0 Å². The summed E-state index contributed by atoms with van der Waals surface area (Å²) in [5, 5.41) is 8.48. The van der Waals surface area contributed by atoms with Gasteiger partial charge in [-0.15, -0.1) is 0 Å². The molecule has 0 saturated carbocycles. The number of carbonyl (C=O) groups is 1. The molecule has 0 bridgehead atoms. The minimum atomic E-state index is -3.63. The van der Waals surface area contributed by atoms with E-state index in [0.29, 0.717) is 25.1 Å². The predicted molar refractivity (Wildman–Crippen MR) is 147 cm³/mol. The van der Waals surface area contributed by atoms with Gasteiger partial charge in [-0.05, 0) is 61.7 Å². The Morgan fingerprint density at radius 3 is 2.11 bits per heavy atom. The lowest BCUT2D eigenvalue weighted by atomic mass is 10.0. The van der Waals surface area contributed by atoms with Crippen LogP contribution < -0.4 is 9.80 Å². The van der Waals surface area contributed by atoms with E-state index < -0.39 is 27.1 Å². The van der Waals surface area contributed by atoms with E-state index in [1.165, 1.54) is 10.4 Å². The molecular formula is C29H32FN3O4S. The first-order chi connectivity index (χ1) is 18.2. The number of anilines is 2. The molecule has 9 heteroatoms. The molecule has 2 atom stereocenters. The maximum absolute atomic E-state index is 15.3. The van der Waals surface area contributed by atoms with Gasteiger partial charge in [-0.2, -0.15) is 4.31 Å². The molecule has 3 aromatic carbocycles. The van der Waals surface area contributed by atoms with E-state index in [4.69, 9.17) is 5.11 Å². The van der Waals surface area contributed by atoms with E-state index in [-0.39, 0.29) is 18.2 Å². The lowest BCUT2D eigenvalue weighted by Gasteiger charge is -2.38. The van der Waals surface area contributed by atoms with E-state index in [1.54, 1.807) is 18.2 Å². The molecule has 0 aliphatic carbocycles. The van der Waals surface area contributed by atoms with Crippen molar-refractivity contribution in [2.45, 2.75) is 37.6 Å². The highest BCUT2D eigenvalue weighted by Gasteiger charge is 2.40. The fourth-order valence-corrected chi connectivity index (χ4v) is 7.61. The number of hydrogen-bond donors (Lipinski definition) is 1. The smallest absolute Gasteiger partial charge is 0.335 e. The third kappa shape index (κ3) is 5.26. The largest absolute Gasteiger partial charge is 0.478 e. The number of sulfonamides is 1. The van der Waals surface area contributed by atoms with Gasteiger partial charge in [-0.1, -0.05) is 36.4 Å². The van der Waals surface area contributed by atoms with Gasteiger partial charge in [-0.25, -0.2) is 17.6 Å². The normalized spacial score (nSPS) is 21.8. The molecule has 0 amide bonds. The number of hydrogen-bond acceptors (Lipinski definition) is 5. The summed E-state index contributed by atoms with van der Waals surface area (Å²) in [4.78, 5) is 15.4. The zero-order valence-corrected chi connectivity index (χ0v) is 22.1. The molecule has 2 saturated heterocycles. The van der Waals surface area contributed by atoms with Crippen LogP contribution in [-0.2, 0) is 16.6 Å². The summed E-state index contributed by atoms with van der Waals surface area (Å²) in [6.07, 6.45) is 1.28. The summed E-state index contributed by atoms with van der Waals surface area (Å²) < 4.78 is 43.8. The second-order valence-corrected chi connectivity index (χ2v) is 12.1. The molecule has 7 nitrogen and oxygen atoms in total. The number of aromatic carboxylic acids is 1. The highest BCUT2D eigenvalue weighted by Crippen LogP contribution is 2.38. The second-order valence-electron chi connectivity index (χ2n) is 10.0. The fourth-order valence-electron chi connectivity index (χ4n) is 5.42. The van der Waals surface area contributed by atoms with Crippen LogP contribution >= 0.6 is 0 Å². The molecule has 3 aromatic rings. The van der Waals surface area contributed by atoms with E-state index in [9.17, 15) is 13.2 Å². The number of nitrogens with zero attached hydrogens (tertiary/aromatic N) is 3. The fraction of sp³-hybridized carbons (Fsp3) is 0.345. The summed E-state index contributed by atoms with van der Waals surface area (Å²) in [6, 6.07) is 21.0. The van der Waals surface area contributed by atoms with Gasteiger partial charge in [0.25, 0.3) is 0 Å². The third-order valence-corrected chi connectivity index (χ3v) is 10.1. The van der Waals surface area contributed by atoms with Crippen molar-refractivity contribution < 1.29 is 22.7 Å². The summed E-state index contributed by atoms with van der Waals surface area (Å²) in [7, 11) is -3.63. The van der Waals surface area contributed by atoms with Crippen molar-refractivity contribution in [2.24, 2.45) is 0 Å². The summed E-state index contributed by atoms with van der Waals surface area (Å²) in [6.45, 7) is 4.73. The number of halogens is 1. The Labute approximate surface area is 223 Å². The van der Waals surface area contributed by atoms with Gasteiger partial charge >= 0.3 is 5.97 Å². The van der Waals surface area contributed by atoms with Crippen LogP contribution in [0.2, 0.25) is 0 Å². The molecule has 2 aliphatic heterocycles. The Morgan fingerprint density at radius 2 is 1.50 bits per heavy atom. The summed E-state index contributed by atoms with van der Waals surface area (Å²) in [5.41, 5.74) is 3.13.